The normalized spacial score (nSPS) is 14.6. The summed E-state index contributed by atoms with van der Waals surface area (Å²) in [6, 6.07) is 102. The molecule has 0 saturated heterocycles. The molecular weight excluding hydrogens is 867 g/mol. The Morgan fingerprint density at radius 3 is 1.26 bits per heavy atom. The van der Waals surface area contributed by atoms with E-state index < -0.39 is 10.8 Å². The molecular formula is C71H51N. The van der Waals surface area contributed by atoms with Crippen LogP contribution in [0.5, 0.6) is 0 Å². The summed E-state index contributed by atoms with van der Waals surface area (Å²) in [6.07, 6.45) is 0. The van der Waals surface area contributed by atoms with Crippen LogP contribution < -0.4 is 4.90 Å². The van der Waals surface area contributed by atoms with Gasteiger partial charge in [0.1, 0.15) is 0 Å². The van der Waals surface area contributed by atoms with Crippen molar-refractivity contribution in [2.45, 2.75) is 30.1 Å². The largest absolute Gasteiger partial charge is 0.310 e. The van der Waals surface area contributed by atoms with E-state index in [2.05, 4.69) is 292 Å². The van der Waals surface area contributed by atoms with E-state index in [1.807, 2.05) is 0 Å². The van der Waals surface area contributed by atoms with Crippen molar-refractivity contribution in [1.82, 2.24) is 0 Å². The lowest BCUT2D eigenvalue weighted by molar-refractivity contribution is 0.624. The fourth-order valence-corrected chi connectivity index (χ4v) is 13.3. The average Bonchev–Trinajstić information content (AvgIpc) is 3.88. The van der Waals surface area contributed by atoms with Crippen molar-refractivity contribution in [1.29, 1.82) is 0 Å². The van der Waals surface area contributed by atoms with Crippen molar-refractivity contribution >= 4 is 17.1 Å². The Labute approximate surface area is 423 Å². The summed E-state index contributed by atoms with van der Waals surface area (Å²) < 4.78 is 0. The third-order valence-electron chi connectivity index (χ3n) is 16.4. The number of rotatable bonds is 7. The van der Waals surface area contributed by atoms with Crippen LogP contribution in [0.25, 0.3) is 44.5 Å². The fraction of sp³-hybridized carbons (Fsp3) is 0.0704. The van der Waals surface area contributed by atoms with Crippen molar-refractivity contribution in [3.63, 3.8) is 0 Å². The molecule has 0 fully saturated rings. The number of benzene rings is 11. The Balaban J connectivity index is 0.940. The first-order valence-corrected chi connectivity index (χ1v) is 25.3. The van der Waals surface area contributed by atoms with E-state index in [0.717, 1.165) is 17.1 Å². The second-order valence-corrected chi connectivity index (χ2v) is 20.3. The van der Waals surface area contributed by atoms with Gasteiger partial charge in [-0.25, -0.2) is 0 Å². The molecule has 14 rings (SSSR count). The molecule has 0 amide bonds. The Kier molecular flexibility index (Phi) is 9.44. The maximum Gasteiger partial charge on any atom is 0.0720 e. The molecule has 3 aliphatic rings. The molecule has 1 spiro atoms. The zero-order chi connectivity index (χ0) is 48.0. The number of hydrogen-bond acceptors (Lipinski definition) is 1. The molecule has 0 N–H and O–H groups in total. The summed E-state index contributed by atoms with van der Waals surface area (Å²) in [4.78, 5) is 2.44. The molecule has 0 atom stereocenters. The summed E-state index contributed by atoms with van der Waals surface area (Å²) in [5.74, 6) is 0. The highest BCUT2D eigenvalue weighted by molar-refractivity contribution is 5.92. The molecule has 0 bridgehead atoms. The molecule has 0 aromatic heterocycles. The molecule has 11 aromatic rings. The first-order valence-electron chi connectivity index (χ1n) is 25.3. The Morgan fingerprint density at radius 2 is 0.639 bits per heavy atom. The van der Waals surface area contributed by atoms with Crippen LogP contribution in [0.2, 0.25) is 0 Å². The van der Waals surface area contributed by atoms with Crippen LogP contribution in [-0.4, -0.2) is 0 Å². The predicted molar refractivity (Wildman–Crippen MR) is 299 cm³/mol. The van der Waals surface area contributed by atoms with Gasteiger partial charge in [-0.3, -0.25) is 0 Å². The number of hydrogen-bond donors (Lipinski definition) is 0. The first kappa shape index (κ1) is 42.1. The zero-order valence-electron chi connectivity index (χ0n) is 40.4. The number of anilines is 3. The molecule has 1 heteroatoms. The summed E-state index contributed by atoms with van der Waals surface area (Å²) in [5.41, 5.74) is 25.3. The maximum atomic E-state index is 2.51. The maximum absolute atomic E-state index is 2.51. The molecule has 0 aliphatic heterocycles. The van der Waals surface area contributed by atoms with Gasteiger partial charge in [-0.1, -0.05) is 244 Å². The van der Waals surface area contributed by atoms with E-state index in [1.165, 1.54) is 100 Å². The smallest absolute Gasteiger partial charge is 0.0720 e. The van der Waals surface area contributed by atoms with Gasteiger partial charge in [-0.15, -0.1) is 0 Å². The highest BCUT2D eigenvalue weighted by atomic mass is 15.1. The van der Waals surface area contributed by atoms with Crippen molar-refractivity contribution in [2.24, 2.45) is 0 Å². The van der Waals surface area contributed by atoms with Gasteiger partial charge >= 0.3 is 0 Å². The van der Waals surface area contributed by atoms with E-state index in [0.29, 0.717) is 0 Å². The summed E-state index contributed by atoms with van der Waals surface area (Å²) >= 11 is 0. The van der Waals surface area contributed by atoms with Crippen molar-refractivity contribution in [2.75, 3.05) is 4.90 Å². The van der Waals surface area contributed by atoms with Gasteiger partial charge in [0.05, 0.1) is 10.8 Å². The van der Waals surface area contributed by atoms with Crippen LogP contribution in [0.3, 0.4) is 0 Å². The zero-order valence-corrected chi connectivity index (χ0v) is 40.4. The van der Waals surface area contributed by atoms with Crippen LogP contribution >= 0.6 is 0 Å². The second-order valence-electron chi connectivity index (χ2n) is 20.3. The highest BCUT2D eigenvalue weighted by Gasteiger charge is 2.56. The van der Waals surface area contributed by atoms with E-state index in [9.17, 15) is 0 Å². The first-order chi connectivity index (χ1) is 35.5. The Morgan fingerprint density at radius 1 is 0.236 bits per heavy atom. The standard InChI is InChI=1S/C71H51N/c1-69(2)61-31-14-12-29-57(61)59-44-42-56(47-67(59)69)72(55-28-20-23-50(45-55)48-21-6-3-7-22-48)54-40-37-49(38-41-54)51-39-43-60-58-30-13-15-32-62(58)71(68(60)46-51)65-35-18-16-33-63(65)70(52-24-8-4-9-25-52,53-26-10-5-11-27-53)64-34-17-19-36-66(64)71/h3-47H,1-2H3. The van der Waals surface area contributed by atoms with Crippen molar-refractivity contribution in [3.05, 3.63) is 329 Å². The SMILES string of the molecule is CC1(C)c2ccccc2-c2ccc(N(c3ccc(-c4ccc5c(c4)C4(c6ccccc6-5)c5ccccc5C(c5ccccc5)(c5ccccc5)c5ccccc54)cc3)c3cccc(-c4ccccc4)c3)cc21. The molecule has 3 aliphatic carbocycles. The highest BCUT2D eigenvalue weighted by Crippen LogP contribution is 2.65. The minimum atomic E-state index is -0.566. The lowest BCUT2D eigenvalue weighted by atomic mass is 9.51. The van der Waals surface area contributed by atoms with Gasteiger partial charge in [0.25, 0.3) is 0 Å². The van der Waals surface area contributed by atoms with Crippen molar-refractivity contribution in [3.8, 4) is 44.5 Å². The summed E-state index contributed by atoms with van der Waals surface area (Å²) in [6.45, 7) is 4.73. The minimum absolute atomic E-state index is 0.127. The minimum Gasteiger partial charge on any atom is -0.310 e. The summed E-state index contributed by atoms with van der Waals surface area (Å²) in [7, 11) is 0. The fourth-order valence-electron chi connectivity index (χ4n) is 13.3. The third-order valence-corrected chi connectivity index (χ3v) is 16.4. The third kappa shape index (κ3) is 5.95. The van der Waals surface area contributed by atoms with E-state index in [4.69, 9.17) is 0 Å². The van der Waals surface area contributed by atoms with Crippen LogP contribution in [-0.2, 0) is 16.2 Å². The molecule has 0 unspecified atom stereocenters. The van der Waals surface area contributed by atoms with Crippen LogP contribution in [0, 0.1) is 0 Å². The molecule has 0 saturated carbocycles. The summed E-state index contributed by atoms with van der Waals surface area (Å²) in [5, 5.41) is 0. The number of nitrogens with zero attached hydrogens (tertiary/aromatic N) is 1. The Bertz CT molecular complexity index is 3790. The van der Waals surface area contributed by atoms with Crippen LogP contribution in [0.15, 0.2) is 273 Å². The van der Waals surface area contributed by atoms with E-state index in [1.54, 1.807) is 0 Å². The van der Waals surface area contributed by atoms with E-state index >= 15 is 0 Å². The molecule has 1 nitrogen and oxygen atoms in total. The monoisotopic (exact) mass is 917 g/mol. The van der Waals surface area contributed by atoms with Gasteiger partial charge in [-0.2, -0.15) is 0 Å². The van der Waals surface area contributed by atoms with Gasteiger partial charge < -0.3 is 4.90 Å². The van der Waals surface area contributed by atoms with Gasteiger partial charge in [-0.05, 0) is 143 Å². The predicted octanol–water partition coefficient (Wildman–Crippen LogP) is 17.9. The molecule has 72 heavy (non-hydrogen) atoms. The van der Waals surface area contributed by atoms with Crippen LogP contribution in [0.4, 0.5) is 17.1 Å². The molecule has 0 heterocycles. The quantitative estimate of drug-likeness (QED) is 0.154. The average molecular weight is 918 g/mol. The lowest BCUT2D eigenvalue weighted by Gasteiger charge is -2.50. The van der Waals surface area contributed by atoms with Crippen LogP contribution in [0.1, 0.15) is 69.5 Å². The van der Waals surface area contributed by atoms with Crippen molar-refractivity contribution < 1.29 is 0 Å². The molecule has 11 aromatic carbocycles. The topological polar surface area (TPSA) is 3.24 Å². The molecule has 0 radical (unpaired) electrons. The van der Waals surface area contributed by atoms with Gasteiger partial charge in [0.15, 0.2) is 0 Å². The Hall–Kier alpha value is -8.78. The number of fused-ring (bicyclic) bond motifs is 12. The van der Waals surface area contributed by atoms with Gasteiger partial charge in [0.2, 0.25) is 0 Å². The van der Waals surface area contributed by atoms with Gasteiger partial charge in [0, 0.05) is 22.5 Å². The van der Waals surface area contributed by atoms with E-state index in [-0.39, 0.29) is 5.41 Å². The molecule has 340 valence electrons. The lowest BCUT2D eigenvalue weighted by Crippen LogP contribution is -2.44. The second kappa shape index (κ2) is 16.1.